The third kappa shape index (κ3) is 5.95. The fourth-order valence-electron chi connectivity index (χ4n) is 3.14. The fraction of sp³-hybridized carbons (Fsp3) is 0.0800. The predicted octanol–water partition coefficient (Wildman–Crippen LogP) is 3.65. The van der Waals surface area contributed by atoms with E-state index in [1.165, 1.54) is 16.8 Å². The third-order valence-electron chi connectivity index (χ3n) is 4.75. The Balaban J connectivity index is 1.41. The summed E-state index contributed by atoms with van der Waals surface area (Å²) in [5.41, 5.74) is 1.39. The van der Waals surface area contributed by atoms with Crippen molar-refractivity contribution in [1.82, 2.24) is 20.1 Å². The van der Waals surface area contributed by atoms with Crippen LogP contribution in [-0.2, 0) is 9.53 Å². The standard InChI is InChI=1S/C25H18F2N4O5/c26-25(27)36-19-13-11-17(12-14-19)23(33)28-20(32)15-35-24(34)21-29-22(16-7-3-1-4-8-16)31(30-21)18-9-5-2-6-10-18/h1-14,25H,15H2,(H,28,32,33). The van der Waals surface area contributed by atoms with Crippen LogP contribution >= 0.6 is 0 Å². The third-order valence-corrected chi connectivity index (χ3v) is 4.75. The minimum Gasteiger partial charge on any atom is -0.450 e. The molecule has 1 aromatic heterocycles. The van der Waals surface area contributed by atoms with E-state index < -0.39 is 31.0 Å². The quantitative estimate of drug-likeness (QED) is 0.374. The summed E-state index contributed by atoms with van der Waals surface area (Å²) in [6.07, 6.45) is 0. The van der Waals surface area contributed by atoms with Gasteiger partial charge < -0.3 is 9.47 Å². The van der Waals surface area contributed by atoms with E-state index in [0.29, 0.717) is 17.1 Å². The molecule has 1 N–H and O–H groups in total. The highest BCUT2D eigenvalue weighted by atomic mass is 19.3. The van der Waals surface area contributed by atoms with Crippen molar-refractivity contribution in [3.05, 3.63) is 96.3 Å². The number of rotatable bonds is 8. The zero-order valence-electron chi connectivity index (χ0n) is 18.5. The Labute approximate surface area is 203 Å². The van der Waals surface area contributed by atoms with Crippen molar-refractivity contribution in [2.75, 3.05) is 6.61 Å². The number of carbonyl (C=O) groups is 3. The van der Waals surface area contributed by atoms with Crippen molar-refractivity contribution in [1.29, 1.82) is 0 Å². The van der Waals surface area contributed by atoms with Crippen molar-refractivity contribution in [3.8, 4) is 22.8 Å². The lowest BCUT2D eigenvalue weighted by Gasteiger charge is -2.06. The second-order valence-corrected chi connectivity index (χ2v) is 7.23. The molecule has 0 aliphatic carbocycles. The van der Waals surface area contributed by atoms with Crippen LogP contribution < -0.4 is 10.1 Å². The van der Waals surface area contributed by atoms with E-state index in [1.54, 1.807) is 12.1 Å². The Morgan fingerprint density at radius 2 is 1.53 bits per heavy atom. The number of para-hydroxylation sites is 1. The monoisotopic (exact) mass is 492 g/mol. The molecular weight excluding hydrogens is 474 g/mol. The number of nitrogens with one attached hydrogen (secondary N) is 1. The number of alkyl halides is 2. The first-order valence-corrected chi connectivity index (χ1v) is 10.5. The Morgan fingerprint density at radius 1 is 0.889 bits per heavy atom. The van der Waals surface area contributed by atoms with E-state index in [1.807, 2.05) is 53.8 Å². The molecule has 0 aliphatic heterocycles. The zero-order chi connectivity index (χ0) is 25.5. The van der Waals surface area contributed by atoms with Gasteiger partial charge in [0.2, 0.25) is 0 Å². The molecule has 3 aromatic carbocycles. The van der Waals surface area contributed by atoms with E-state index in [2.05, 4.69) is 14.8 Å². The summed E-state index contributed by atoms with van der Waals surface area (Å²) in [5.74, 6) is -2.68. The molecule has 36 heavy (non-hydrogen) atoms. The van der Waals surface area contributed by atoms with Crippen molar-refractivity contribution < 1.29 is 32.6 Å². The number of nitrogens with zero attached hydrogens (tertiary/aromatic N) is 3. The first-order valence-electron chi connectivity index (χ1n) is 10.5. The van der Waals surface area contributed by atoms with Gasteiger partial charge in [0.1, 0.15) is 5.75 Å². The van der Waals surface area contributed by atoms with Crippen LogP contribution in [0.1, 0.15) is 21.0 Å². The van der Waals surface area contributed by atoms with E-state index in [-0.39, 0.29) is 17.1 Å². The molecule has 182 valence electrons. The van der Waals surface area contributed by atoms with Gasteiger partial charge in [-0.2, -0.15) is 8.78 Å². The van der Waals surface area contributed by atoms with Crippen molar-refractivity contribution in [2.24, 2.45) is 0 Å². The predicted molar refractivity (Wildman–Crippen MR) is 123 cm³/mol. The summed E-state index contributed by atoms with van der Waals surface area (Å²) < 4.78 is 35.1. The Bertz CT molecular complexity index is 1300. The summed E-state index contributed by atoms with van der Waals surface area (Å²) in [6.45, 7) is -3.77. The van der Waals surface area contributed by atoms with Crippen molar-refractivity contribution in [2.45, 2.75) is 6.61 Å². The summed E-state index contributed by atoms with van der Waals surface area (Å²) in [6, 6.07) is 22.9. The summed E-state index contributed by atoms with van der Waals surface area (Å²) in [5, 5.41) is 6.28. The average Bonchev–Trinajstić information content (AvgIpc) is 3.34. The molecule has 4 aromatic rings. The van der Waals surface area contributed by atoms with Gasteiger partial charge in [-0.05, 0) is 36.4 Å². The van der Waals surface area contributed by atoms with Crippen LogP contribution in [0, 0.1) is 0 Å². The first kappa shape index (κ1) is 24.2. The number of benzene rings is 3. The lowest BCUT2D eigenvalue weighted by molar-refractivity contribution is -0.123. The van der Waals surface area contributed by atoms with E-state index in [4.69, 9.17) is 4.74 Å². The number of aromatic nitrogens is 3. The van der Waals surface area contributed by atoms with Gasteiger partial charge in [0.25, 0.3) is 17.6 Å². The van der Waals surface area contributed by atoms with Gasteiger partial charge in [0, 0.05) is 11.1 Å². The van der Waals surface area contributed by atoms with Crippen LogP contribution in [0.5, 0.6) is 5.75 Å². The molecule has 0 atom stereocenters. The fourth-order valence-corrected chi connectivity index (χ4v) is 3.14. The van der Waals surface area contributed by atoms with Gasteiger partial charge in [-0.3, -0.25) is 14.9 Å². The van der Waals surface area contributed by atoms with Crippen LogP contribution in [-0.4, -0.2) is 45.8 Å². The number of amides is 2. The van der Waals surface area contributed by atoms with Crippen LogP contribution in [0.2, 0.25) is 0 Å². The topological polar surface area (TPSA) is 112 Å². The molecule has 0 radical (unpaired) electrons. The molecule has 0 fully saturated rings. The second-order valence-electron chi connectivity index (χ2n) is 7.23. The number of hydrogen-bond donors (Lipinski definition) is 1. The van der Waals surface area contributed by atoms with Gasteiger partial charge in [-0.1, -0.05) is 48.5 Å². The molecule has 1 heterocycles. The van der Waals surface area contributed by atoms with Gasteiger partial charge >= 0.3 is 12.6 Å². The number of carbonyl (C=O) groups excluding carboxylic acids is 3. The largest absolute Gasteiger partial charge is 0.450 e. The van der Waals surface area contributed by atoms with Gasteiger partial charge in [-0.25, -0.2) is 14.5 Å². The lowest BCUT2D eigenvalue weighted by Crippen LogP contribution is -2.34. The number of hydrogen-bond acceptors (Lipinski definition) is 7. The molecule has 11 heteroatoms. The summed E-state index contributed by atoms with van der Waals surface area (Å²) >= 11 is 0. The molecule has 0 bridgehead atoms. The zero-order valence-corrected chi connectivity index (χ0v) is 18.5. The maximum absolute atomic E-state index is 12.6. The maximum Gasteiger partial charge on any atom is 0.387 e. The molecule has 0 saturated heterocycles. The number of halogens is 2. The highest BCUT2D eigenvalue weighted by Gasteiger charge is 2.21. The number of ether oxygens (including phenoxy) is 2. The van der Waals surface area contributed by atoms with Gasteiger partial charge in [0.05, 0.1) is 5.69 Å². The summed E-state index contributed by atoms with van der Waals surface area (Å²) in [4.78, 5) is 41.1. The van der Waals surface area contributed by atoms with Crippen LogP contribution in [0.3, 0.4) is 0 Å². The normalized spacial score (nSPS) is 10.6. The minimum absolute atomic E-state index is 0.0204. The minimum atomic E-state index is -3.00. The molecule has 9 nitrogen and oxygen atoms in total. The molecule has 0 aliphatic rings. The second kappa shape index (κ2) is 11.0. The lowest BCUT2D eigenvalue weighted by atomic mass is 10.2. The average molecular weight is 492 g/mol. The van der Waals surface area contributed by atoms with Gasteiger partial charge in [-0.15, -0.1) is 5.10 Å². The molecule has 0 spiro atoms. The molecule has 4 rings (SSSR count). The van der Waals surface area contributed by atoms with E-state index >= 15 is 0 Å². The highest BCUT2D eigenvalue weighted by Crippen LogP contribution is 2.21. The van der Waals surface area contributed by atoms with Gasteiger partial charge in [0.15, 0.2) is 12.4 Å². The van der Waals surface area contributed by atoms with Crippen LogP contribution in [0.4, 0.5) is 8.78 Å². The van der Waals surface area contributed by atoms with Crippen LogP contribution in [0.25, 0.3) is 17.1 Å². The van der Waals surface area contributed by atoms with E-state index in [9.17, 15) is 23.2 Å². The first-order chi connectivity index (χ1) is 17.4. The molecule has 2 amide bonds. The molecule has 0 unspecified atom stereocenters. The summed E-state index contributed by atoms with van der Waals surface area (Å²) in [7, 11) is 0. The SMILES string of the molecule is O=C(COC(=O)c1nc(-c2ccccc2)n(-c2ccccc2)n1)NC(=O)c1ccc(OC(F)F)cc1. The Hall–Kier alpha value is -4.93. The number of esters is 1. The smallest absolute Gasteiger partial charge is 0.387 e. The number of imide groups is 1. The van der Waals surface area contributed by atoms with Crippen molar-refractivity contribution in [3.63, 3.8) is 0 Å². The van der Waals surface area contributed by atoms with E-state index in [0.717, 1.165) is 12.1 Å². The maximum atomic E-state index is 12.6. The molecule has 0 saturated carbocycles. The molecular formula is C25H18F2N4O5. The Morgan fingerprint density at radius 3 is 2.17 bits per heavy atom. The van der Waals surface area contributed by atoms with Crippen LogP contribution in [0.15, 0.2) is 84.9 Å². The highest BCUT2D eigenvalue weighted by molar-refractivity contribution is 6.05. The Kier molecular flexibility index (Phi) is 7.39. The van der Waals surface area contributed by atoms with Crippen molar-refractivity contribution >= 4 is 17.8 Å².